The molecule has 1 atom stereocenters. The summed E-state index contributed by atoms with van der Waals surface area (Å²) in [6, 6.07) is -0.362. The number of carbonyl (C=O) groups excluding carboxylic acids is 1. The second kappa shape index (κ2) is 6.23. The van der Waals surface area contributed by atoms with Gasteiger partial charge >= 0.3 is 0 Å². The summed E-state index contributed by atoms with van der Waals surface area (Å²) in [5.74, 6) is 1.01. The van der Waals surface area contributed by atoms with Crippen LogP contribution in [-0.4, -0.2) is 31.7 Å². The maximum atomic E-state index is 12.1. The van der Waals surface area contributed by atoms with Crippen molar-refractivity contribution >= 4 is 5.91 Å². The molecule has 0 aromatic rings. The van der Waals surface area contributed by atoms with Crippen LogP contribution in [0.4, 0.5) is 0 Å². The summed E-state index contributed by atoms with van der Waals surface area (Å²) in [6.45, 7) is 6.78. The van der Waals surface area contributed by atoms with Crippen molar-refractivity contribution in [3.63, 3.8) is 0 Å². The summed E-state index contributed by atoms with van der Waals surface area (Å²) in [7, 11) is 0. The molecule has 19 heavy (non-hydrogen) atoms. The molecular formula is C15H28N2O2. The molecule has 1 unspecified atom stereocenters. The topological polar surface area (TPSA) is 64.4 Å². The van der Waals surface area contributed by atoms with Crippen LogP contribution in [0.15, 0.2) is 0 Å². The molecule has 110 valence electrons. The molecule has 1 aliphatic carbocycles. The largest absolute Gasteiger partial charge is 0.381 e. The number of amides is 1. The standard InChI is InChI=1S/C15H28N2O2/c1-11(2)9-15(5-6-15)10-17-14(18)13(16)12-3-7-19-8-4-12/h11-13H,3-10,16H2,1-2H3,(H,17,18). The summed E-state index contributed by atoms with van der Waals surface area (Å²) < 4.78 is 5.31. The minimum absolute atomic E-state index is 0.0296. The van der Waals surface area contributed by atoms with Gasteiger partial charge in [-0.15, -0.1) is 0 Å². The highest BCUT2D eigenvalue weighted by atomic mass is 16.5. The van der Waals surface area contributed by atoms with Gasteiger partial charge in [0, 0.05) is 19.8 Å². The summed E-state index contributed by atoms with van der Waals surface area (Å²) in [6.07, 6.45) is 5.52. The van der Waals surface area contributed by atoms with Gasteiger partial charge in [0.1, 0.15) is 0 Å². The van der Waals surface area contributed by atoms with Crippen LogP contribution in [-0.2, 0) is 9.53 Å². The maximum absolute atomic E-state index is 12.1. The highest BCUT2D eigenvalue weighted by Gasteiger charge is 2.43. The lowest BCUT2D eigenvalue weighted by Crippen LogP contribution is -2.48. The number of rotatable bonds is 6. The molecular weight excluding hydrogens is 240 g/mol. The molecule has 4 nitrogen and oxygen atoms in total. The van der Waals surface area contributed by atoms with Crippen LogP contribution >= 0.6 is 0 Å². The SMILES string of the molecule is CC(C)CC1(CNC(=O)C(N)C2CCOCC2)CC1. The van der Waals surface area contributed by atoms with Crippen molar-refractivity contribution in [2.45, 2.75) is 52.0 Å². The summed E-state index contributed by atoms with van der Waals surface area (Å²) >= 11 is 0. The summed E-state index contributed by atoms with van der Waals surface area (Å²) in [5.41, 5.74) is 6.45. The number of hydrogen-bond acceptors (Lipinski definition) is 3. The van der Waals surface area contributed by atoms with Gasteiger partial charge in [-0.05, 0) is 49.4 Å². The Hall–Kier alpha value is -0.610. The van der Waals surface area contributed by atoms with Gasteiger partial charge < -0.3 is 15.8 Å². The van der Waals surface area contributed by atoms with Crippen molar-refractivity contribution in [2.24, 2.45) is 23.0 Å². The molecule has 1 amide bonds. The Bertz CT molecular complexity index is 307. The Kier molecular flexibility index (Phi) is 4.85. The zero-order valence-electron chi connectivity index (χ0n) is 12.3. The predicted molar refractivity (Wildman–Crippen MR) is 75.7 cm³/mol. The van der Waals surface area contributed by atoms with Crippen molar-refractivity contribution < 1.29 is 9.53 Å². The molecule has 0 aromatic carbocycles. The number of nitrogens with one attached hydrogen (secondary N) is 1. The molecule has 1 heterocycles. The molecule has 3 N–H and O–H groups in total. The highest BCUT2D eigenvalue weighted by Crippen LogP contribution is 2.50. The van der Waals surface area contributed by atoms with E-state index in [9.17, 15) is 4.79 Å². The quantitative estimate of drug-likeness (QED) is 0.770. The second-order valence-electron chi connectivity index (χ2n) is 6.79. The lowest BCUT2D eigenvalue weighted by atomic mass is 9.91. The molecule has 4 heteroatoms. The lowest BCUT2D eigenvalue weighted by molar-refractivity contribution is -0.124. The average molecular weight is 268 g/mol. The van der Waals surface area contributed by atoms with E-state index in [2.05, 4.69) is 19.2 Å². The van der Waals surface area contributed by atoms with Gasteiger partial charge in [-0.2, -0.15) is 0 Å². The van der Waals surface area contributed by atoms with Gasteiger partial charge in [-0.3, -0.25) is 4.79 Å². The van der Waals surface area contributed by atoms with Gasteiger partial charge in [0.25, 0.3) is 0 Å². The smallest absolute Gasteiger partial charge is 0.237 e. The second-order valence-corrected chi connectivity index (χ2v) is 6.79. The molecule has 2 aliphatic rings. The molecule has 1 aliphatic heterocycles. The third kappa shape index (κ3) is 4.18. The van der Waals surface area contributed by atoms with Crippen LogP contribution in [0.1, 0.15) is 46.0 Å². The van der Waals surface area contributed by atoms with E-state index in [1.807, 2.05) is 0 Å². The normalized spacial score (nSPS) is 24.2. The summed E-state index contributed by atoms with van der Waals surface area (Å²) in [4.78, 5) is 12.1. The monoisotopic (exact) mass is 268 g/mol. The fraction of sp³-hybridized carbons (Fsp3) is 0.933. The molecule has 0 radical (unpaired) electrons. The predicted octanol–water partition coefficient (Wildman–Crippen LogP) is 1.68. The Morgan fingerprint density at radius 3 is 2.53 bits per heavy atom. The molecule has 1 saturated carbocycles. The first-order valence-electron chi connectivity index (χ1n) is 7.63. The molecule has 2 rings (SSSR count). The molecule has 1 saturated heterocycles. The fourth-order valence-corrected chi connectivity index (χ4v) is 3.18. The van der Waals surface area contributed by atoms with Gasteiger partial charge in [-0.1, -0.05) is 13.8 Å². The third-order valence-corrected chi connectivity index (χ3v) is 4.51. The van der Waals surface area contributed by atoms with E-state index in [-0.39, 0.29) is 17.9 Å². The molecule has 2 fully saturated rings. The van der Waals surface area contributed by atoms with E-state index in [0.717, 1.165) is 32.6 Å². The molecule has 0 aromatic heterocycles. The first-order chi connectivity index (χ1) is 9.02. The lowest BCUT2D eigenvalue weighted by Gasteiger charge is -2.27. The number of hydrogen-bond donors (Lipinski definition) is 2. The average Bonchev–Trinajstić information content (AvgIpc) is 3.15. The maximum Gasteiger partial charge on any atom is 0.237 e. The Labute approximate surface area is 116 Å². The summed E-state index contributed by atoms with van der Waals surface area (Å²) in [5, 5.41) is 3.08. The number of ether oxygens (including phenoxy) is 1. The van der Waals surface area contributed by atoms with E-state index in [1.54, 1.807) is 0 Å². The van der Waals surface area contributed by atoms with Crippen molar-refractivity contribution in [1.82, 2.24) is 5.32 Å². The van der Waals surface area contributed by atoms with E-state index in [1.165, 1.54) is 19.3 Å². The van der Waals surface area contributed by atoms with Crippen molar-refractivity contribution in [3.8, 4) is 0 Å². The Morgan fingerprint density at radius 1 is 1.37 bits per heavy atom. The first-order valence-corrected chi connectivity index (χ1v) is 7.63. The van der Waals surface area contributed by atoms with Crippen LogP contribution in [0, 0.1) is 17.3 Å². The van der Waals surface area contributed by atoms with Gasteiger partial charge in [0.2, 0.25) is 5.91 Å². The van der Waals surface area contributed by atoms with Crippen molar-refractivity contribution in [3.05, 3.63) is 0 Å². The van der Waals surface area contributed by atoms with Gasteiger partial charge in [0.05, 0.1) is 6.04 Å². The van der Waals surface area contributed by atoms with Crippen LogP contribution in [0.25, 0.3) is 0 Å². The minimum Gasteiger partial charge on any atom is -0.381 e. The minimum atomic E-state index is -0.362. The van der Waals surface area contributed by atoms with Crippen LogP contribution in [0.2, 0.25) is 0 Å². The van der Waals surface area contributed by atoms with E-state index < -0.39 is 0 Å². The fourth-order valence-electron chi connectivity index (χ4n) is 3.18. The highest BCUT2D eigenvalue weighted by molar-refractivity contribution is 5.81. The van der Waals surface area contributed by atoms with Gasteiger partial charge in [-0.25, -0.2) is 0 Å². The van der Waals surface area contributed by atoms with Crippen molar-refractivity contribution in [1.29, 1.82) is 0 Å². The van der Waals surface area contributed by atoms with Crippen LogP contribution in [0.5, 0.6) is 0 Å². The van der Waals surface area contributed by atoms with E-state index >= 15 is 0 Å². The first kappa shape index (κ1) is 14.8. The van der Waals surface area contributed by atoms with E-state index in [4.69, 9.17) is 10.5 Å². The van der Waals surface area contributed by atoms with Crippen molar-refractivity contribution in [2.75, 3.05) is 19.8 Å². The number of carbonyl (C=O) groups is 1. The van der Waals surface area contributed by atoms with E-state index in [0.29, 0.717) is 11.3 Å². The molecule has 0 bridgehead atoms. The number of nitrogens with two attached hydrogens (primary N) is 1. The third-order valence-electron chi connectivity index (χ3n) is 4.51. The van der Waals surface area contributed by atoms with Crippen LogP contribution < -0.4 is 11.1 Å². The molecule has 0 spiro atoms. The zero-order chi connectivity index (χ0) is 13.9. The Balaban J connectivity index is 1.74. The zero-order valence-corrected chi connectivity index (χ0v) is 12.3. The Morgan fingerprint density at radius 2 is 2.00 bits per heavy atom. The van der Waals surface area contributed by atoms with Gasteiger partial charge in [0.15, 0.2) is 0 Å². The van der Waals surface area contributed by atoms with Crippen LogP contribution in [0.3, 0.4) is 0 Å².